The van der Waals surface area contributed by atoms with Gasteiger partial charge in [-0.25, -0.2) is 4.79 Å². The summed E-state index contributed by atoms with van der Waals surface area (Å²) in [4.78, 5) is 26.2. The van der Waals surface area contributed by atoms with E-state index in [1.54, 1.807) is 0 Å². The molecule has 0 spiro atoms. The number of hydrogen-bond acceptors (Lipinski definition) is 7. The van der Waals surface area contributed by atoms with E-state index >= 15 is 0 Å². The number of carbonyl (C=O) groups is 2. The number of hydrogen-bond donors (Lipinski definition) is 1. The largest absolute Gasteiger partial charge is 0.465 e. The van der Waals surface area contributed by atoms with Gasteiger partial charge in [-0.1, -0.05) is 18.7 Å². The molecule has 9 heteroatoms. The number of nitrogens with one attached hydrogen (secondary N) is 1. The second-order valence-corrected chi connectivity index (χ2v) is 9.56. The van der Waals surface area contributed by atoms with E-state index < -0.39 is 0 Å². The third kappa shape index (κ3) is 4.35. The van der Waals surface area contributed by atoms with Crippen LogP contribution in [0.5, 0.6) is 0 Å². The quantitative estimate of drug-likeness (QED) is 0.499. The summed E-state index contributed by atoms with van der Waals surface area (Å²) in [7, 11) is 1.38. The third-order valence-corrected chi connectivity index (χ3v) is 7.46. The average molecular weight is 435 g/mol. The van der Waals surface area contributed by atoms with Gasteiger partial charge in [0.15, 0.2) is 5.16 Å². The molecular formula is C20H26N4O3S2. The molecule has 0 bridgehead atoms. The molecule has 1 N–H and O–H groups in total. The Labute approximate surface area is 178 Å². The van der Waals surface area contributed by atoms with Gasteiger partial charge >= 0.3 is 5.97 Å². The van der Waals surface area contributed by atoms with Crippen LogP contribution in [0.4, 0.5) is 5.00 Å². The normalized spacial score (nSPS) is 15.8. The van der Waals surface area contributed by atoms with E-state index in [0.717, 1.165) is 55.2 Å². The number of fused-ring (bicyclic) bond motifs is 1. The number of rotatable bonds is 8. The molecule has 2 heterocycles. The van der Waals surface area contributed by atoms with E-state index in [4.69, 9.17) is 4.74 Å². The van der Waals surface area contributed by atoms with Crippen LogP contribution in [-0.4, -0.2) is 39.5 Å². The Balaban J connectivity index is 1.45. The maximum Gasteiger partial charge on any atom is 0.341 e. The highest BCUT2D eigenvalue weighted by Gasteiger charge is 2.30. The maximum absolute atomic E-state index is 12.6. The summed E-state index contributed by atoms with van der Waals surface area (Å²) >= 11 is 2.91. The lowest BCUT2D eigenvalue weighted by Crippen LogP contribution is -2.17. The molecule has 1 amide bonds. The molecule has 0 radical (unpaired) electrons. The number of ether oxygens (including phenoxy) is 1. The minimum Gasteiger partial charge on any atom is -0.465 e. The first kappa shape index (κ1) is 20.4. The van der Waals surface area contributed by atoms with Crippen molar-refractivity contribution in [2.45, 2.75) is 69.5 Å². The Bertz CT molecular complexity index is 917. The minimum atomic E-state index is -0.371. The zero-order chi connectivity index (χ0) is 20.4. The van der Waals surface area contributed by atoms with Crippen LogP contribution in [0.2, 0.25) is 0 Å². The van der Waals surface area contributed by atoms with Gasteiger partial charge in [0.1, 0.15) is 10.8 Å². The van der Waals surface area contributed by atoms with Crippen molar-refractivity contribution in [2.75, 3.05) is 18.2 Å². The molecule has 2 aliphatic carbocycles. The fraction of sp³-hybridized carbons (Fsp3) is 0.600. The summed E-state index contributed by atoms with van der Waals surface area (Å²) in [5, 5.41) is 13.0. The van der Waals surface area contributed by atoms with Crippen molar-refractivity contribution in [3.63, 3.8) is 0 Å². The number of methoxy groups -OCH3 is 1. The molecule has 1 fully saturated rings. The predicted octanol–water partition coefficient (Wildman–Crippen LogP) is 4.02. The Kier molecular flexibility index (Phi) is 6.24. The molecule has 1 saturated carbocycles. The molecular weight excluding hydrogens is 408 g/mol. The fourth-order valence-corrected chi connectivity index (χ4v) is 5.81. The zero-order valence-electron chi connectivity index (χ0n) is 16.8. The van der Waals surface area contributed by atoms with Crippen molar-refractivity contribution in [3.8, 4) is 0 Å². The van der Waals surface area contributed by atoms with Gasteiger partial charge in [0.25, 0.3) is 0 Å². The molecule has 0 atom stereocenters. The van der Waals surface area contributed by atoms with Crippen molar-refractivity contribution in [2.24, 2.45) is 0 Å². The first-order valence-electron chi connectivity index (χ1n) is 10.2. The summed E-state index contributed by atoms with van der Waals surface area (Å²) < 4.78 is 7.13. The van der Waals surface area contributed by atoms with Crippen molar-refractivity contribution < 1.29 is 14.3 Å². The number of carbonyl (C=O) groups excluding carboxylic acids is 2. The van der Waals surface area contributed by atoms with Gasteiger partial charge < -0.3 is 14.6 Å². The van der Waals surface area contributed by atoms with Crippen LogP contribution < -0.4 is 5.32 Å². The third-order valence-electron chi connectivity index (χ3n) is 5.28. The first-order chi connectivity index (χ1) is 14.1. The van der Waals surface area contributed by atoms with Crippen LogP contribution in [0, 0.1) is 0 Å². The van der Waals surface area contributed by atoms with Crippen LogP contribution in [-0.2, 0) is 28.9 Å². The second-order valence-electron chi connectivity index (χ2n) is 7.51. The van der Waals surface area contributed by atoms with Crippen LogP contribution >= 0.6 is 23.1 Å². The Morgan fingerprint density at radius 3 is 2.79 bits per heavy atom. The van der Waals surface area contributed by atoms with E-state index in [2.05, 4.69) is 27.0 Å². The van der Waals surface area contributed by atoms with Crippen LogP contribution in [0.15, 0.2) is 5.16 Å². The Morgan fingerprint density at radius 2 is 2.07 bits per heavy atom. The molecule has 0 aromatic carbocycles. The summed E-state index contributed by atoms with van der Waals surface area (Å²) in [5.41, 5.74) is 1.59. The number of thioether (sulfide) groups is 1. The van der Waals surface area contributed by atoms with E-state index in [9.17, 15) is 9.59 Å². The van der Waals surface area contributed by atoms with E-state index in [1.807, 2.05) is 0 Å². The van der Waals surface area contributed by atoms with Crippen molar-refractivity contribution >= 4 is 40.0 Å². The van der Waals surface area contributed by atoms with Crippen molar-refractivity contribution in [1.82, 2.24) is 14.8 Å². The molecule has 2 aromatic rings. The molecule has 7 nitrogen and oxygen atoms in total. The van der Waals surface area contributed by atoms with E-state index in [0.29, 0.717) is 16.5 Å². The molecule has 2 aliphatic rings. The number of amides is 1. The Hall–Kier alpha value is -1.87. The van der Waals surface area contributed by atoms with Gasteiger partial charge in [-0.15, -0.1) is 21.5 Å². The predicted molar refractivity (Wildman–Crippen MR) is 114 cm³/mol. The van der Waals surface area contributed by atoms with Crippen LogP contribution in [0.25, 0.3) is 0 Å². The van der Waals surface area contributed by atoms with Crippen LogP contribution in [0.1, 0.15) is 71.6 Å². The number of thiophene rings is 1. The zero-order valence-corrected chi connectivity index (χ0v) is 18.5. The molecule has 156 valence electrons. The lowest BCUT2D eigenvalue weighted by Gasteiger charge is -2.11. The number of nitrogens with zero attached hydrogens (tertiary/aromatic N) is 3. The van der Waals surface area contributed by atoms with Gasteiger partial charge in [0.2, 0.25) is 5.91 Å². The van der Waals surface area contributed by atoms with Gasteiger partial charge in [-0.3, -0.25) is 4.79 Å². The first-order valence-corrected chi connectivity index (χ1v) is 12.0. The summed E-state index contributed by atoms with van der Waals surface area (Å²) in [5.74, 6) is 1.29. The highest BCUT2D eigenvalue weighted by atomic mass is 32.2. The highest BCUT2D eigenvalue weighted by Crippen LogP contribution is 2.40. The molecule has 4 rings (SSSR count). The van der Waals surface area contributed by atoms with E-state index in [1.165, 1.54) is 47.9 Å². The summed E-state index contributed by atoms with van der Waals surface area (Å²) in [6.45, 7) is 3.00. The van der Waals surface area contributed by atoms with E-state index in [-0.39, 0.29) is 17.6 Å². The fourth-order valence-electron chi connectivity index (χ4n) is 3.75. The van der Waals surface area contributed by atoms with Crippen LogP contribution in [0.3, 0.4) is 0 Å². The van der Waals surface area contributed by atoms with Gasteiger partial charge in [-0.2, -0.15) is 0 Å². The monoisotopic (exact) mass is 434 g/mol. The van der Waals surface area contributed by atoms with Crippen molar-refractivity contribution in [3.05, 3.63) is 21.8 Å². The minimum absolute atomic E-state index is 0.141. The highest BCUT2D eigenvalue weighted by molar-refractivity contribution is 7.99. The molecule has 2 aromatic heterocycles. The molecule has 0 unspecified atom stereocenters. The number of aryl methyl sites for hydroxylation is 1. The number of anilines is 1. The topological polar surface area (TPSA) is 86.1 Å². The lowest BCUT2D eigenvalue weighted by molar-refractivity contribution is -0.113. The average Bonchev–Trinajstić information content (AvgIpc) is 3.39. The van der Waals surface area contributed by atoms with Crippen molar-refractivity contribution in [1.29, 1.82) is 0 Å². The lowest BCUT2D eigenvalue weighted by atomic mass is 9.95. The molecule has 0 saturated heterocycles. The second kappa shape index (κ2) is 8.87. The SMILES string of the molecule is CCCn1c(SCC(=O)Nc2sc3c(c2C(=O)OC)CCCC3)nnc1C1CC1. The smallest absolute Gasteiger partial charge is 0.341 e. The summed E-state index contributed by atoms with van der Waals surface area (Å²) in [6.07, 6.45) is 7.35. The number of aromatic nitrogens is 3. The Morgan fingerprint density at radius 1 is 1.28 bits per heavy atom. The number of esters is 1. The van der Waals surface area contributed by atoms with Gasteiger partial charge in [0, 0.05) is 17.3 Å². The molecule has 0 aliphatic heterocycles. The standard InChI is InChI=1S/C20H26N4O3S2/c1-3-10-24-17(12-8-9-12)22-23-20(24)28-11-15(25)21-18-16(19(26)27-2)13-6-4-5-7-14(13)29-18/h12H,3-11H2,1-2H3,(H,21,25). The van der Waals surface area contributed by atoms with Gasteiger partial charge in [0.05, 0.1) is 18.4 Å². The van der Waals surface area contributed by atoms with Gasteiger partial charge in [-0.05, 0) is 50.5 Å². The maximum atomic E-state index is 12.6. The molecule has 29 heavy (non-hydrogen) atoms. The summed E-state index contributed by atoms with van der Waals surface area (Å²) in [6, 6.07) is 0.